The first-order valence-electron chi connectivity index (χ1n) is 9.04. The highest BCUT2D eigenvalue weighted by atomic mass is 35.5. The van der Waals surface area contributed by atoms with E-state index in [-0.39, 0.29) is 49.1 Å². The average molecular weight is 397 g/mol. The first-order valence-corrected chi connectivity index (χ1v) is 9.04. The first-order chi connectivity index (χ1) is 11.0. The lowest BCUT2D eigenvalue weighted by atomic mass is 10.1. The molecular formula is C17H34Cl2N4O2. The third-order valence-corrected chi connectivity index (χ3v) is 5.14. The largest absolute Gasteiger partial charge is 0.346 e. The van der Waals surface area contributed by atoms with E-state index < -0.39 is 6.04 Å². The Kier molecular flexibility index (Phi) is 11.7. The standard InChI is InChI=1S/C17H32N4O2.2ClH/c1-13(2)16(18)17(23)19-12-15(22)21-10-5-6-14(7-11-21)20-8-3-4-9-20;;/h13-14,16H,3-12,18H2,1-2H3,(H,19,23);2*1H/t14?,16-;;/m0../s1. The van der Waals surface area contributed by atoms with Crippen LogP contribution in [0.4, 0.5) is 0 Å². The molecule has 2 rings (SSSR count). The molecule has 2 aliphatic rings. The van der Waals surface area contributed by atoms with Crippen LogP contribution in [0.1, 0.15) is 46.0 Å². The van der Waals surface area contributed by atoms with Crippen molar-refractivity contribution in [1.82, 2.24) is 15.1 Å². The molecule has 8 heteroatoms. The van der Waals surface area contributed by atoms with Crippen molar-refractivity contribution in [3.05, 3.63) is 0 Å². The van der Waals surface area contributed by atoms with Gasteiger partial charge in [0.2, 0.25) is 11.8 Å². The summed E-state index contributed by atoms with van der Waals surface area (Å²) in [7, 11) is 0. The number of carbonyl (C=O) groups is 2. The molecule has 2 heterocycles. The summed E-state index contributed by atoms with van der Waals surface area (Å²) in [6.45, 7) is 7.89. The van der Waals surface area contributed by atoms with Crippen molar-refractivity contribution in [2.75, 3.05) is 32.7 Å². The van der Waals surface area contributed by atoms with Crippen LogP contribution in [0.2, 0.25) is 0 Å². The van der Waals surface area contributed by atoms with Crippen LogP contribution in [0.15, 0.2) is 0 Å². The second-order valence-electron chi connectivity index (χ2n) is 7.20. The Morgan fingerprint density at radius 1 is 1.04 bits per heavy atom. The van der Waals surface area contributed by atoms with E-state index in [9.17, 15) is 9.59 Å². The predicted molar refractivity (Wildman–Crippen MR) is 105 cm³/mol. The van der Waals surface area contributed by atoms with E-state index in [1.54, 1.807) is 0 Å². The Hall–Kier alpha value is -0.560. The topological polar surface area (TPSA) is 78.7 Å². The minimum absolute atomic E-state index is 0. The molecule has 2 aliphatic heterocycles. The number of halogens is 2. The molecule has 2 atom stereocenters. The van der Waals surface area contributed by atoms with E-state index in [4.69, 9.17) is 5.73 Å². The van der Waals surface area contributed by atoms with Crippen LogP contribution in [-0.4, -0.2) is 66.4 Å². The van der Waals surface area contributed by atoms with Crippen LogP contribution < -0.4 is 11.1 Å². The molecule has 0 bridgehead atoms. The molecule has 0 aliphatic carbocycles. The summed E-state index contributed by atoms with van der Waals surface area (Å²) in [6.07, 6.45) is 5.88. The zero-order valence-electron chi connectivity index (χ0n) is 15.4. The van der Waals surface area contributed by atoms with Crippen molar-refractivity contribution in [2.24, 2.45) is 11.7 Å². The van der Waals surface area contributed by atoms with Crippen LogP contribution >= 0.6 is 24.8 Å². The van der Waals surface area contributed by atoms with E-state index in [1.165, 1.54) is 32.4 Å². The summed E-state index contributed by atoms with van der Waals surface area (Å²) in [5, 5.41) is 2.68. The smallest absolute Gasteiger partial charge is 0.241 e. The fraction of sp³-hybridized carbons (Fsp3) is 0.882. The molecule has 6 nitrogen and oxygen atoms in total. The van der Waals surface area contributed by atoms with Crippen molar-refractivity contribution in [3.8, 4) is 0 Å². The van der Waals surface area contributed by atoms with Crippen molar-refractivity contribution in [2.45, 2.75) is 58.0 Å². The zero-order chi connectivity index (χ0) is 16.8. The van der Waals surface area contributed by atoms with E-state index in [0.717, 1.165) is 25.9 Å². The lowest BCUT2D eigenvalue weighted by Crippen LogP contribution is -2.48. The first kappa shape index (κ1) is 24.4. The maximum Gasteiger partial charge on any atom is 0.241 e. The lowest BCUT2D eigenvalue weighted by Gasteiger charge is -2.26. The highest BCUT2D eigenvalue weighted by Gasteiger charge is 2.26. The van der Waals surface area contributed by atoms with Gasteiger partial charge >= 0.3 is 0 Å². The molecule has 0 aromatic rings. The lowest BCUT2D eigenvalue weighted by molar-refractivity contribution is -0.133. The summed E-state index contributed by atoms with van der Waals surface area (Å²) in [5.41, 5.74) is 5.80. The van der Waals surface area contributed by atoms with Crippen LogP contribution in [0, 0.1) is 5.92 Å². The Bertz CT molecular complexity index is 417. The molecule has 25 heavy (non-hydrogen) atoms. The van der Waals surface area contributed by atoms with E-state index >= 15 is 0 Å². The SMILES string of the molecule is CC(C)[C@H](N)C(=O)NCC(=O)N1CCCC(N2CCCC2)CC1.Cl.Cl. The van der Waals surface area contributed by atoms with Crippen LogP contribution in [0.5, 0.6) is 0 Å². The number of amides is 2. The number of nitrogens with two attached hydrogens (primary N) is 1. The van der Waals surface area contributed by atoms with Gasteiger partial charge < -0.3 is 20.9 Å². The van der Waals surface area contributed by atoms with Gasteiger partial charge in [0.1, 0.15) is 0 Å². The number of hydrogen-bond donors (Lipinski definition) is 2. The van der Waals surface area contributed by atoms with Crippen LogP contribution in [-0.2, 0) is 9.59 Å². The molecule has 0 aromatic heterocycles. The molecule has 2 amide bonds. The summed E-state index contributed by atoms with van der Waals surface area (Å²) in [5.74, 6) is -0.154. The van der Waals surface area contributed by atoms with Gasteiger partial charge in [-0.05, 0) is 51.1 Å². The van der Waals surface area contributed by atoms with Crippen molar-refractivity contribution >= 4 is 36.6 Å². The third kappa shape index (κ3) is 7.29. The number of nitrogens with one attached hydrogen (secondary N) is 1. The predicted octanol–water partition coefficient (Wildman–Crippen LogP) is 1.41. The van der Waals surface area contributed by atoms with Crippen molar-refractivity contribution in [3.63, 3.8) is 0 Å². The van der Waals surface area contributed by atoms with E-state index in [1.807, 2.05) is 18.7 Å². The van der Waals surface area contributed by atoms with Crippen LogP contribution in [0.3, 0.4) is 0 Å². The van der Waals surface area contributed by atoms with Gasteiger partial charge in [-0.1, -0.05) is 13.8 Å². The molecular weight excluding hydrogens is 363 g/mol. The third-order valence-electron chi connectivity index (χ3n) is 5.14. The highest BCUT2D eigenvalue weighted by molar-refractivity contribution is 5.87. The van der Waals surface area contributed by atoms with Gasteiger partial charge in [-0.15, -0.1) is 24.8 Å². The molecule has 3 N–H and O–H groups in total. The van der Waals surface area contributed by atoms with Gasteiger partial charge in [0.05, 0.1) is 12.6 Å². The molecule has 1 unspecified atom stereocenters. The summed E-state index contributed by atoms with van der Waals surface area (Å²) in [6, 6.07) is 0.0748. The number of rotatable bonds is 5. The summed E-state index contributed by atoms with van der Waals surface area (Å²) < 4.78 is 0. The number of likely N-dealkylation sites (tertiary alicyclic amines) is 2. The number of carbonyl (C=O) groups excluding carboxylic acids is 2. The van der Waals surface area contributed by atoms with Gasteiger partial charge in [-0.25, -0.2) is 0 Å². The minimum atomic E-state index is -0.550. The second kappa shape index (κ2) is 11.9. The van der Waals surface area contributed by atoms with Gasteiger partial charge in [0.25, 0.3) is 0 Å². The number of nitrogens with zero attached hydrogens (tertiary/aromatic N) is 2. The minimum Gasteiger partial charge on any atom is -0.346 e. The highest BCUT2D eigenvalue weighted by Crippen LogP contribution is 2.21. The molecule has 2 fully saturated rings. The summed E-state index contributed by atoms with van der Waals surface area (Å²) in [4.78, 5) is 28.7. The van der Waals surface area contributed by atoms with E-state index in [2.05, 4.69) is 10.2 Å². The van der Waals surface area contributed by atoms with Crippen molar-refractivity contribution < 1.29 is 9.59 Å². The molecule has 0 aromatic carbocycles. The van der Waals surface area contributed by atoms with Gasteiger partial charge in [-0.3, -0.25) is 9.59 Å². The maximum absolute atomic E-state index is 12.3. The molecule has 148 valence electrons. The zero-order valence-corrected chi connectivity index (χ0v) is 17.0. The van der Waals surface area contributed by atoms with E-state index in [0.29, 0.717) is 6.04 Å². The molecule has 2 saturated heterocycles. The van der Waals surface area contributed by atoms with Gasteiger partial charge in [0, 0.05) is 19.1 Å². The second-order valence-corrected chi connectivity index (χ2v) is 7.20. The fourth-order valence-corrected chi connectivity index (χ4v) is 3.50. The molecule has 0 saturated carbocycles. The normalized spacial score (nSPS) is 22.6. The van der Waals surface area contributed by atoms with Crippen molar-refractivity contribution in [1.29, 1.82) is 0 Å². The average Bonchev–Trinajstić information content (AvgIpc) is 2.96. The molecule has 0 radical (unpaired) electrons. The van der Waals surface area contributed by atoms with Gasteiger partial charge in [0.15, 0.2) is 0 Å². The Morgan fingerprint density at radius 2 is 1.68 bits per heavy atom. The molecule has 0 spiro atoms. The summed E-state index contributed by atoms with van der Waals surface area (Å²) >= 11 is 0. The quantitative estimate of drug-likeness (QED) is 0.735. The Balaban J connectivity index is 0.00000288. The van der Waals surface area contributed by atoms with Crippen LogP contribution in [0.25, 0.3) is 0 Å². The van der Waals surface area contributed by atoms with Gasteiger partial charge in [-0.2, -0.15) is 0 Å². The fourth-order valence-electron chi connectivity index (χ4n) is 3.50. The monoisotopic (exact) mass is 396 g/mol. The maximum atomic E-state index is 12.3. The Morgan fingerprint density at radius 3 is 2.28 bits per heavy atom. The Labute approximate surface area is 164 Å². The number of hydrogen-bond acceptors (Lipinski definition) is 4.